The van der Waals surface area contributed by atoms with Crippen LogP contribution in [0.2, 0.25) is 0 Å². The van der Waals surface area contributed by atoms with Gasteiger partial charge in [0.05, 0.1) is 43.7 Å². The first-order valence-corrected chi connectivity index (χ1v) is 31.6. The molecule has 0 unspecified atom stereocenters. The Morgan fingerprint density at radius 3 is 1.41 bits per heavy atom. The normalized spacial score (nSPS) is 13.8. The van der Waals surface area contributed by atoms with Crippen molar-refractivity contribution in [1.82, 2.24) is 44.6 Å². The van der Waals surface area contributed by atoms with Gasteiger partial charge in [-0.2, -0.15) is 0 Å². The summed E-state index contributed by atoms with van der Waals surface area (Å²) in [6.45, 7) is 20.9. The molecule has 4 N–H and O–H groups in total. The van der Waals surface area contributed by atoms with Crippen molar-refractivity contribution < 1.29 is 66.6 Å². The van der Waals surface area contributed by atoms with Gasteiger partial charge in [-0.05, 0) is 178 Å². The number of ether oxygens (including phenoxy) is 4. The first-order chi connectivity index (χ1) is 43.8. The van der Waals surface area contributed by atoms with E-state index in [4.69, 9.17) is 9.47 Å². The summed E-state index contributed by atoms with van der Waals surface area (Å²) in [7, 11) is 4.25. The quantitative estimate of drug-likeness (QED) is 0.0255. The van der Waals surface area contributed by atoms with E-state index in [1.807, 2.05) is 158 Å². The summed E-state index contributed by atoms with van der Waals surface area (Å²) < 4.78 is 20.5. The van der Waals surface area contributed by atoms with Crippen molar-refractivity contribution in [3.63, 3.8) is 0 Å². The number of amides is 2. The number of nitrogens with zero attached hydrogens (tertiary/aromatic N) is 10. The summed E-state index contributed by atoms with van der Waals surface area (Å²) in [5, 5.41) is 12.6. The molecule has 6 heterocycles. The number of hydrogen-bond donors (Lipinski definition) is 4. The smallest absolute Gasteiger partial charge is 0.512 e. The lowest BCUT2D eigenvalue weighted by molar-refractivity contribution is -0.929. The van der Waals surface area contributed by atoms with Crippen LogP contribution >= 0.6 is 22.6 Å². The Hall–Kier alpha value is -8.28. The van der Waals surface area contributed by atoms with Gasteiger partial charge >= 0.3 is 12.3 Å². The molecule has 2 fully saturated rings. The molecule has 2 saturated heterocycles. The Morgan fingerprint density at radius 1 is 0.565 bits per heavy atom. The zero-order chi connectivity index (χ0) is 64.7. The fourth-order valence-corrected chi connectivity index (χ4v) is 9.79. The van der Waals surface area contributed by atoms with Gasteiger partial charge in [-0.25, -0.2) is 29.5 Å². The number of rotatable bonds is 19. The van der Waals surface area contributed by atoms with Gasteiger partial charge in [0.25, 0.3) is 11.8 Å². The molecule has 24 heteroatoms. The molecule has 4 aromatic heterocycles. The summed E-state index contributed by atoms with van der Waals surface area (Å²) in [6, 6.07) is 38.4. The Labute approximate surface area is 569 Å². The summed E-state index contributed by atoms with van der Waals surface area (Å²) in [6.07, 6.45) is 8.89. The molecule has 10 rings (SSSR count). The number of likely N-dealkylation sites (N-methyl/N-ethyl adjacent to an activating group) is 2. The molecule has 22 nitrogen and oxygen atoms in total. The van der Waals surface area contributed by atoms with E-state index in [1.165, 1.54) is 5.56 Å². The van der Waals surface area contributed by atoms with Crippen LogP contribution in [-0.2, 0) is 32.0 Å². The molecule has 0 bridgehead atoms. The van der Waals surface area contributed by atoms with E-state index in [0.717, 1.165) is 116 Å². The summed E-state index contributed by atoms with van der Waals surface area (Å²) >= 11 is 1.93. The highest BCUT2D eigenvalue weighted by atomic mass is 127. The number of pyridine rings is 2. The second-order valence-corrected chi connectivity index (χ2v) is 23.5. The van der Waals surface area contributed by atoms with Gasteiger partial charge in [0.15, 0.2) is 0 Å². The lowest BCUT2D eigenvalue weighted by atomic mass is 10.1. The zero-order valence-corrected chi connectivity index (χ0v) is 57.5. The van der Waals surface area contributed by atoms with E-state index >= 15 is 0 Å². The van der Waals surface area contributed by atoms with Crippen LogP contribution in [-0.4, -0.2) is 163 Å². The number of carbonyl (C=O) groups excluding carboxylic acids is 4. The van der Waals surface area contributed by atoms with Gasteiger partial charge in [-0.15, -0.1) is 0 Å². The highest BCUT2D eigenvalue weighted by Crippen LogP contribution is 2.27. The Bertz CT molecular complexity index is 3650. The average molecular weight is 1480 g/mol. The van der Waals surface area contributed by atoms with Gasteiger partial charge in [0.1, 0.15) is 4.61 Å². The predicted octanol–water partition coefficient (Wildman–Crippen LogP) is 9.16. The van der Waals surface area contributed by atoms with E-state index in [-0.39, 0.29) is 48.0 Å². The van der Waals surface area contributed by atoms with Gasteiger partial charge in [0.2, 0.25) is 18.6 Å². The minimum absolute atomic E-state index is 0. The molecule has 0 aliphatic carbocycles. The van der Waals surface area contributed by atoms with Crippen LogP contribution in [0, 0.1) is 13.8 Å². The van der Waals surface area contributed by atoms with Gasteiger partial charge in [0, 0.05) is 135 Å². The van der Waals surface area contributed by atoms with E-state index in [9.17, 15) is 19.2 Å². The van der Waals surface area contributed by atoms with Crippen molar-refractivity contribution in [2.75, 3.05) is 99.1 Å². The molecule has 92 heavy (non-hydrogen) atoms. The van der Waals surface area contributed by atoms with Crippen molar-refractivity contribution in [2.45, 2.75) is 66.8 Å². The molecule has 484 valence electrons. The third-order valence-corrected chi connectivity index (χ3v) is 15.1. The summed E-state index contributed by atoms with van der Waals surface area (Å²) in [5.74, 6) is 0.600. The number of nitrogens with one attached hydrogen (secondary N) is 4. The highest BCUT2D eigenvalue weighted by Gasteiger charge is 2.30. The first-order valence-electron chi connectivity index (χ1n) is 30.1. The number of carbonyl (C=O) groups is 4. The predicted molar refractivity (Wildman–Crippen MR) is 361 cm³/mol. The number of aromatic nitrogens is 6. The van der Waals surface area contributed by atoms with Gasteiger partial charge in [-0.3, -0.25) is 33.8 Å². The maximum Gasteiger partial charge on any atom is 0.512 e. The molecule has 4 aromatic carbocycles. The van der Waals surface area contributed by atoms with Gasteiger partial charge < -0.3 is 69.1 Å². The second-order valence-electron chi connectivity index (χ2n) is 22.9. The third kappa shape index (κ3) is 22.8. The fourth-order valence-electron chi connectivity index (χ4n) is 9.53. The van der Waals surface area contributed by atoms with Gasteiger partial charge in [-0.1, -0.05) is 36.4 Å². The van der Waals surface area contributed by atoms with E-state index in [1.54, 1.807) is 64.9 Å². The SMILES string of the molecule is CC(C)OC(=O)OCI.Cc1ccc(NC(=O)c2ccc(CN3CCN(C)CC3)cc2)cc1Nc1nccc(-c2cccnc2)n1.Cc1ccc(NC(=O)c2ccc(CN3CC[N+](C)(COC(=O)OC(C)C)CC3)cc2)cc1Nc1nccc(-c2cccnc2)n1.[I-]. The number of aryl methyl sites for hydroxylation is 2. The number of alkyl halides is 1. The molecule has 2 aliphatic rings. The molecule has 0 spiro atoms. The Morgan fingerprint density at radius 2 is 1.00 bits per heavy atom. The van der Waals surface area contributed by atoms with Crippen molar-refractivity contribution in [1.29, 1.82) is 0 Å². The maximum absolute atomic E-state index is 13.1. The molecule has 8 aromatic rings. The van der Waals surface area contributed by atoms with Crippen LogP contribution in [0.15, 0.2) is 159 Å². The Balaban J connectivity index is 0.000000231. The number of piperazine rings is 2. The fraction of sp³-hybridized carbons (Fsp3) is 0.324. The second kappa shape index (κ2) is 35.5. The minimum Gasteiger partial charge on any atom is -1.00 e. The largest absolute Gasteiger partial charge is 1.00 e. The lowest BCUT2D eigenvalue weighted by Gasteiger charge is -2.41. The van der Waals surface area contributed by atoms with Crippen LogP contribution < -0.4 is 45.2 Å². The molecule has 0 atom stereocenters. The van der Waals surface area contributed by atoms with Crippen LogP contribution in [0.4, 0.5) is 44.2 Å². The lowest BCUT2D eigenvalue weighted by Crippen LogP contribution is -3.00. The Kier molecular flexibility index (Phi) is 27.5. The van der Waals surface area contributed by atoms with Crippen LogP contribution in [0.5, 0.6) is 0 Å². The molecule has 2 amide bonds. The van der Waals surface area contributed by atoms with E-state index in [0.29, 0.717) is 50.2 Å². The number of anilines is 6. The standard InChI is InChI=1S/C34H39N7O4.C29H31N7O.C5H9IO3.HI/c1-24(2)45-34(43)44-23-41(4)18-16-40(17-19-41)22-26-8-10-27(11-9-26)32(42)37-29-12-7-25(3)31(20-29)39-33-36-15-13-30(38-33)28-6-5-14-35-21-28;1-21-5-10-25(18-27(21)34-29-31-13-11-26(33-29)24-4-3-12-30-19-24)32-28(37)23-8-6-22(7-9-23)20-36-16-14-35(2)15-17-36;1-4(2)9-5(7)8-3-6;/h5-15,20-21,24H,16-19,22-23H2,1-4H3,(H-,36,37,38,39,42);3-13,18-19H,14-17,20H2,1-2H3,(H,32,37)(H,31,33,34);4H,3H2,1-2H3;1H. The number of benzene rings is 4. The number of hydrogen-bond acceptors (Lipinski definition) is 19. The molecular weight excluding hydrogens is 1390 g/mol. The topological polar surface area (TPSA) is 240 Å². The van der Waals surface area contributed by atoms with Crippen LogP contribution in [0.1, 0.15) is 70.7 Å². The van der Waals surface area contributed by atoms with Crippen molar-refractivity contribution in [2.24, 2.45) is 0 Å². The minimum atomic E-state index is -0.618. The van der Waals surface area contributed by atoms with Crippen molar-refractivity contribution in [3.8, 4) is 22.5 Å². The van der Waals surface area contributed by atoms with Crippen LogP contribution in [0.25, 0.3) is 22.5 Å². The molecular formula is C68H80I2N14O8. The van der Waals surface area contributed by atoms with Crippen molar-refractivity contribution in [3.05, 3.63) is 192 Å². The maximum atomic E-state index is 13.1. The molecule has 0 radical (unpaired) electrons. The molecule has 0 saturated carbocycles. The van der Waals surface area contributed by atoms with Crippen LogP contribution in [0.3, 0.4) is 0 Å². The first kappa shape index (κ1) is 71.2. The van der Waals surface area contributed by atoms with E-state index < -0.39 is 12.3 Å². The number of halogens is 2. The monoisotopic (exact) mass is 1470 g/mol. The van der Waals surface area contributed by atoms with Crippen molar-refractivity contribution >= 4 is 81.4 Å². The third-order valence-electron chi connectivity index (χ3n) is 14.8. The average Bonchev–Trinajstić information content (AvgIpc) is 0.958. The molecule has 2 aliphatic heterocycles. The van der Waals surface area contributed by atoms with E-state index in [2.05, 4.69) is 89.4 Å². The zero-order valence-electron chi connectivity index (χ0n) is 53.1. The summed E-state index contributed by atoms with van der Waals surface area (Å²) in [5.41, 5.74) is 11.9. The highest BCUT2D eigenvalue weighted by molar-refractivity contribution is 14.1. The summed E-state index contributed by atoms with van der Waals surface area (Å²) in [4.78, 5) is 81.7. The number of quaternary nitrogens is 1.